The lowest BCUT2D eigenvalue weighted by Crippen LogP contribution is -2.43. The molecule has 1 aliphatic rings. The van der Waals surface area contributed by atoms with Gasteiger partial charge in [-0.1, -0.05) is 32.5 Å². The number of aromatic nitrogens is 2. The Morgan fingerprint density at radius 3 is 2.53 bits per heavy atom. The molecule has 0 bridgehead atoms. The van der Waals surface area contributed by atoms with Crippen molar-refractivity contribution in [1.82, 2.24) is 15.3 Å². The van der Waals surface area contributed by atoms with Crippen LogP contribution >= 0.6 is 11.8 Å². The zero-order valence-electron chi connectivity index (χ0n) is 12.7. The van der Waals surface area contributed by atoms with Crippen LogP contribution in [-0.4, -0.2) is 27.8 Å². The quantitative estimate of drug-likeness (QED) is 0.858. The maximum Gasteiger partial charge on any atom is 0.188 e. The predicted octanol–water partition coefficient (Wildman–Crippen LogP) is 3.35. The first-order valence-corrected chi connectivity index (χ1v) is 8.02. The summed E-state index contributed by atoms with van der Waals surface area (Å²) in [6.07, 6.45) is 2.51. The maximum atomic E-state index is 4.56. The second-order valence-corrected chi connectivity index (χ2v) is 7.36. The standard InChI is InChI=1S/C15H25N3S/c1-6-16-13-12(7-8-15(13,4)5)19-14-17-10(2)9-11(3)18-14/h9,12-13,16H,6-8H2,1-5H3. The second-order valence-electron chi connectivity index (χ2n) is 6.15. The molecule has 19 heavy (non-hydrogen) atoms. The highest BCUT2D eigenvalue weighted by molar-refractivity contribution is 7.99. The minimum atomic E-state index is 0.368. The second kappa shape index (κ2) is 5.80. The number of rotatable bonds is 4. The van der Waals surface area contributed by atoms with Crippen LogP contribution in [0.15, 0.2) is 11.2 Å². The average Bonchev–Trinajstić information content (AvgIpc) is 2.55. The van der Waals surface area contributed by atoms with Crippen LogP contribution in [0.3, 0.4) is 0 Å². The van der Waals surface area contributed by atoms with E-state index in [1.54, 1.807) is 0 Å². The van der Waals surface area contributed by atoms with E-state index in [-0.39, 0.29) is 0 Å². The Hall–Kier alpha value is -0.610. The molecule has 1 N–H and O–H groups in total. The van der Waals surface area contributed by atoms with Crippen molar-refractivity contribution in [2.24, 2.45) is 5.41 Å². The van der Waals surface area contributed by atoms with E-state index in [4.69, 9.17) is 0 Å². The molecule has 2 rings (SSSR count). The third kappa shape index (κ3) is 3.48. The highest BCUT2D eigenvalue weighted by Crippen LogP contribution is 2.44. The van der Waals surface area contributed by atoms with Gasteiger partial charge in [0.05, 0.1) is 0 Å². The fourth-order valence-corrected chi connectivity index (χ4v) is 4.48. The van der Waals surface area contributed by atoms with Gasteiger partial charge in [0.1, 0.15) is 0 Å². The van der Waals surface area contributed by atoms with E-state index in [0.29, 0.717) is 16.7 Å². The van der Waals surface area contributed by atoms with Crippen molar-refractivity contribution in [3.63, 3.8) is 0 Å². The molecule has 1 aliphatic carbocycles. The van der Waals surface area contributed by atoms with E-state index in [9.17, 15) is 0 Å². The largest absolute Gasteiger partial charge is 0.313 e. The van der Waals surface area contributed by atoms with Crippen molar-refractivity contribution in [2.45, 2.75) is 63.9 Å². The predicted molar refractivity (Wildman–Crippen MR) is 81.6 cm³/mol. The zero-order valence-corrected chi connectivity index (χ0v) is 13.5. The van der Waals surface area contributed by atoms with Gasteiger partial charge in [-0.05, 0) is 44.7 Å². The van der Waals surface area contributed by atoms with Gasteiger partial charge in [0.2, 0.25) is 0 Å². The molecule has 2 unspecified atom stereocenters. The number of aryl methyl sites for hydroxylation is 2. The molecular formula is C15H25N3S. The molecule has 1 aromatic heterocycles. The summed E-state index contributed by atoms with van der Waals surface area (Å²) >= 11 is 1.85. The Balaban J connectivity index is 2.13. The summed E-state index contributed by atoms with van der Waals surface area (Å²) in [6.45, 7) is 12.0. The molecule has 1 heterocycles. The first-order chi connectivity index (χ1) is 8.92. The first kappa shape index (κ1) is 14.8. The van der Waals surface area contributed by atoms with E-state index < -0.39 is 0 Å². The molecule has 3 nitrogen and oxygen atoms in total. The smallest absolute Gasteiger partial charge is 0.188 e. The van der Waals surface area contributed by atoms with Gasteiger partial charge in [0, 0.05) is 22.7 Å². The molecule has 0 aliphatic heterocycles. The molecule has 4 heteroatoms. The summed E-state index contributed by atoms with van der Waals surface area (Å²) in [4.78, 5) is 9.13. The molecule has 0 amide bonds. The summed E-state index contributed by atoms with van der Waals surface area (Å²) < 4.78 is 0. The molecule has 0 saturated heterocycles. The molecule has 0 spiro atoms. The van der Waals surface area contributed by atoms with Crippen molar-refractivity contribution in [3.8, 4) is 0 Å². The van der Waals surface area contributed by atoms with Crippen molar-refractivity contribution in [3.05, 3.63) is 17.5 Å². The Labute approximate surface area is 121 Å². The van der Waals surface area contributed by atoms with Crippen LogP contribution in [0.1, 0.15) is 45.0 Å². The maximum absolute atomic E-state index is 4.56. The topological polar surface area (TPSA) is 37.8 Å². The first-order valence-electron chi connectivity index (χ1n) is 7.14. The third-order valence-electron chi connectivity index (χ3n) is 3.93. The number of hydrogen-bond acceptors (Lipinski definition) is 4. The van der Waals surface area contributed by atoms with E-state index in [2.05, 4.69) is 36.1 Å². The number of nitrogens with zero attached hydrogens (tertiary/aromatic N) is 2. The Bertz CT molecular complexity index is 425. The fourth-order valence-electron chi connectivity index (χ4n) is 2.98. The van der Waals surface area contributed by atoms with E-state index in [0.717, 1.165) is 23.1 Å². The fraction of sp³-hybridized carbons (Fsp3) is 0.733. The zero-order chi connectivity index (χ0) is 14.0. The molecule has 0 radical (unpaired) electrons. The Morgan fingerprint density at radius 1 is 1.32 bits per heavy atom. The van der Waals surface area contributed by atoms with Crippen LogP contribution in [0.25, 0.3) is 0 Å². The van der Waals surface area contributed by atoms with Crippen molar-refractivity contribution in [1.29, 1.82) is 0 Å². The van der Waals surface area contributed by atoms with Gasteiger partial charge < -0.3 is 5.32 Å². The molecular weight excluding hydrogens is 254 g/mol. The van der Waals surface area contributed by atoms with Crippen LogP contribution < -0.4 is 5.32 Å². The highest BCUT2D eigenvalue weighted by Gasteiger charge is 2.42. The summed E-state index contributed by atoms with van der Waals surface area (Å²) in [5, 5.41) is 5.17. The molecule has 106 valence electrons. The van der Waals surface area contributed by atoms with Crippen LogP contribution in [0.5, 0.6) is 0 Å². The average molecular weight is 279 g/mol. The molecule has 1 aromatic rings. The minimum Gasteiger partial charge on any atom is -0.313 e. The Morgan fingerprint density at radius 2 is 1.95 bits per heavy atom. The lowest BCUT2D eigenvalue weighted by molar-refractivity contribution is 0.290. The van der Waals surface area contributed by atoms with Gasteiger partial charge >= 0.3 is 0 Å². The van der Waals surface area contributed by atoms with Crippen molar-refractivity contribution >= 4 is 11.8 Å². The molecule has 1 saturated carbocycles. The van der Waals surface area contributed by atoms with Gasteiger partial charge in [-0.3, -0.25) is 0 Å². The van der Waals surface area contributed by atoms with Gasteiger partial charge in [-0.2, -0.15) is 0 Å². The van der Waals surface area contributed by atoms with Crippen LogP contribution in [0, 0.1) is 19.3 Å². The van der Waals surface area contributed by atoms with Gasteiger partial charge in [-0.25, -0.2) is 9.97 Å². The lowest BCUT2D eigenvalue weighted by Gasteiger charge is -2.30. The summed E-state index contributed by atoms with van der Waals surface area (Å²) in [7, 11) is 0. The van der Waals surface area contributed by atoms with Crippen LogP contribution in [0.2, 0.25) is 0 Å². The summed E-state index contributed by atoms with van der Waals surface area (Å²) in [5.74, 6) is 0. The Kier molecular flexibility index (Phi) is 4.51. The molecule has 2 atom stereocenters. The molecule has 0 aromatic carbocycles. The van der Waals surface area contributed by atoms with Gasteiger partial charge in [0.25, 0.3) is 0 Å². The third-order valence-corrected chi connectivity index (χ3v) is 5.13. The van der Waals surface area contributed by atoms with Gasteiger partial charge in [-0.15, -0.1) is 0 Å². The van der Waals surface area contributed by atoms with E-state index in [1.807, 2.05) is 31.7 Å². The van der Waals surface area contributed by atoms with Crippen LogP contribution in [-0.2, 0) is 0 Å². The van der Waals surface area contributed by atoms with Gasteiger partial charge in [0.15, 0.2) is 5.16 Å². The SMILES string of the molecule is CCNC1C(Sc2nc(C)cc(C)n2)CCC1(C)C. The minimum absolute atomic E-state index is 0.368. The number of hydrogen-bond donors (Lipinski definition) is 1. The normalized spacial score (nSPS) is 25.7. The van der Waals surface area contributed by atoms with Crippen LogP contribution in [0.4, 0.5) is 0 Å². The highest BCUT2D eigenvalue weighted by atomic mass is 32.2. The number of nitrogens with one attached hydrogen (secondary N) is 1. The number of thioether (sulfide) groups is 1. The van der Waals surface area contributed by atoms with E-state index in [1.165, 1.54) is 12.8 Å². The summed E-state index contributed by atoms with van der Waals surface area (Å²) in [5.41, 5.74) is 2.49. The lowest BCUT2D eigenvalue weighted by atomic mass is 9.87. The summed E-state index contributed by atoms with van der Waals surface area (Å²) in [6, 6.07) is 2.58. The molecule has 1 fully saturated rings. The monoisotopic (exact) mass is 279 g/mol. The van der Waals surface area contributed by atoms with E-state index >= 15 is 0 Å². The van der Waals surface area contributed by atoms with Crippen molar-refractivity contribution < 1.29 is 0 Å². The van der Waals surface area contributed by atoms with Crippen molar-refractivity contribution in [2.75, 3.05) is 6.54 Å².